The molecular weight excluding hydrogens is 1990 g/mol. The number of nitro groups is 2. The average Bonchev–Trinajstić information content (AvgIpc) is 1.59. The van der Waals surface area contributed by atoms with Crippen LogP contribution in [0.15, 0.2) is 252 Å². The lowest BCUT2D eigenvalue weighted by Crippen LogP contribution is -2.46. The number of hydrogen-bond acceptors (Lipinski definition) is 21. The van der Waals surface area contributed by atoms with Gasteiger partial charge in [-0.25, -0.2) is 14.2 Å². The fourth-order valence-corrected chi connectivity index (χ4v) is 28.8. The number of carboxylic acids is 2. The fourth-order valence-electron chi connectivity index (χ4n) is 21.3. The van der Waals surface area contributed by atoms with Gasteiger partial charge in [-0.3, -0.25) is 43.2 Å². The van der Waals surface area contributed by atoms with Gasteiger partial charge in [0.1, 0.15) is 0 Å². The molecule has 18 rings (SSSR count). The summed E-state index contributed by atoms with van der Waals surface area (Å²) in [4.78, 5) is 85.3. The zero-order chi connectivity index (χ0) is 103. The van der Waals surface area contributed by atoms with Crippen molar-refractivity contribution < 1.29 is 71.8 Å². The second kappa shape index (κ2) is 47.2. The van der Waals surface area contributed by atoms with Gasteiger partial charge in [-0.1, -0.05) is 120 Å². The lowest BCUT2D eigenvalue weighted by atomic mass is 9.96. The van der Waals surface area contributed by atoms with E-state index in [4.69, 9.17) is 36.8 Å². The zero-order valence-corrected chi connectivity index (χ0v) is 88.6. The van der Waals surface area contributed by atoms with Crippen molar-refractivity contribution in [1.82, 2.24) is 18.9 Å². The number of benzene rings is 10. The predicted octanol–water partition coefficient (Wildman–Crippen LogP) is 23.0. The standard InChI is InChI=1S/C55H63ClN6O10P2S.C55H62ClN6O7PS/c1-38(2)61-39(3)52(55(63)64)53(54(61)41-12-15-44(56)16-13-41)43-8-7-9-47(35-43)59-30-28-58(29-31-59)45-17-19-46(20-18-45)60-32-33-71-73(60,67)49-21-14-42(51(36-49)62(65)66)34-40(37-75-50-10-5-4-6-11-50)22-25-57-26-23-48(24-27-57)72-74(68,69)70;1-38(2)61-39(3)52(55(64)65)53(54(61)41-12-15-44(56)16-13-41)43-8-7-9-47(35-43)59-30-28-58(29-31-59)45-17-19-46(20-18-45)60-32-33-69-70(60,68)49-21-14-42(51(36-49)62(66)67)34-40(37-71-50-10-5-4-6-11-50)22-25-57-26-23-48(63)24-27-57/h4-21,35-36,38,40,48H,22-34,37H2,1-3H3,(H,63,64)(H2,68,69,70);4-21,35-36,38,40,48,63H,22-34,37H2,1-3H3,(H,64,65)/t40-,73-;40-,70+/m00/s1. The Morgan fingerprint density at radius 1 is 0.452 bits per heavy atom. The van der Waals surface area contributed by atoms with Gasteiger partial charge in [0.05, 0.1) is 81.5 Å². The van der Waals surface area contributed by atoms with Gasteiger partial charge in [-0.2, -0.15) is 0 Å². The number of phosphoric acid groups is 1. The van der Waals surface area contributed by atoms with Crippen LogP contribution in [-0.2, 0) is 40.1 Å². The maximum absolute atomic E-state index is 14.9. The van der Waals surface area contributed by atoms with Gasteiger partial charge in [-0.05, 0) is 274 Å². The molecule has 0 radical (unpaired) electrons. The molecule has 29 nitrogen and oxygen atoms in total. The third-order valence-corrected chi connectivity index (χ3v) is 37.3. The molecule has 0 spiro atoms. The molecule has 4 atom stereocenters. The summed E-state index contributed by atoms with van der Waals surface area (Å²) in [6.07, 6.45) is 4.33. The first-order chi connectivity index (χ1) is 70.2. The molecule has 0 saturated carbocycles. The van der Waals surface area contributed by atoms with Crippen LogP contribution < -0.4 is 39.5 Å². The molecule has 0 bridgehead atoms. The quantitative estimate of drug-likeness (QED) is 0.0105. The van der Waals surface area contributed by atoms with E-state index in [1.165, 1.54) is 12.1 Å². The number of carbonyl (C=O) groups is 2. The number of aromatic carboxylic acids is 2. The number of aliphatic hydroxyl groups excluding tert-OH is 1. The van der Waals surface area contributed by atoms with Crippen molar-refractivity contribution in [2.24, 2.45) is 11.8 Å². The number of rotatable bonds is 36. The largest absolute Gasteiger partial charge is 0.478 e. The van der Waals surface area contributed by atoms with Crippen LogP contribution in [0.3, 0.4) is 0 Å². The monoisotopic (exact) mass is 2110 g/mol. The van der Waals surface area contributed by atoms with Crippen LogP contribution in [0.4, 0.5) is 45.5 Å². The van der Waals surface area contributed by atoms with Crippen LogP contribution in [0.5, 0.6) is 0 Å². The number of phosphoric ester groups is 1. The van der Waals surface area contributed by atoms with Gasteiger partial charge in [0.2, 0.25) is 0 Å². The summed E-state index contributed by atoms with van der Waals surface area (Å²) in [5, 5.41) is 58.5. The first-order valence-corrected chi connectivity index (χ1v) is 57.4. The highest BCUT2D eigenvalue weighted by molar-refractivity contribution is 7.99. The number of carboxylic acid groups (broad SMARTS) is 2. The molecule has 5 N–H and O–H groups in total. The molecule has 36 heteroatoms. The third kappa shape index (κ3) is 24.7. The van der Waals surface area contributed by atoms with Gasteiger partial charge in [-0.15, -0.1) is 23.5 Å². The Morgan fingerprint density at radius 3 is 1.16 bits per heavy atom. The number of nitro benzene ring substituents is 2. The zero-order valence-electron chi connectivity index (χ0n) is 82.8. The van der Waals surface area contributed by atoms with Crippen LogP contribution in [0.2, 0.25) is 10.0 Å². The van der Waals surface area contributed by atoms with Crippen LogP contribution in [0, 0.1) is 45.9 Å². The topological polar surface area (TPSA) is 336 Å². The van der Waals surface area contributed by atoms with Crippen LogP contribution in [0.1, 0.15) is 122 Å². The van der Waals surface area contributed by atoms with Crippen molar-refractivity contribution in [2.45, 2.75) is 127 Å². The van der Waals surface area contributed by atoms with E-state index in [0.29, 0.717) is 118 Å². The molecule has 0 amide bonds. The number of likely N-dealkylation sites (tertiary alicyclic amines) is 2. The summed E-state index contributed by atoms with van der Waals surface area (Å²) in [6, 6.07) is 77.3. The second-order valence-electron chi connectivity index (χ2n) is 38.8. The number of anilines is 6. The highest BCUT2D eigenvalue weighted by Gasteiger charge is 2.44. The van der Waals surface area contributed by atoms with E-state index in [0.717, 1.165) is 182 Å². The van der Waals surface area contributed by atoms with Gasteiger partial charge in [0.15, 0.2) is 0 Å². The Hall–Kier alpha value is -11.1. The van der Waals surface area contributed by atoms with E-state index < -0.39 is 45.8 Å². The predicted molar refractivity (Wildman–Crippen MR) is 586 cm³/mol. The minimum atomic E-state index is -4.56. The third-order valence-electron chi connectivity index (χ3n) is 28.7. The molecule has 0 aliphatic carbocycles. The lowest BCUT2D eigenvalue weighted by molar-refractivity contribution is -0.385. The number of piperazine rings is 2. The summed E-state index contributed by atoms with van der Waals surface area (Å²) < 4.78 is 65.9. The number of halogens is 2. The number of thioether (sulfide) groups is 2. The first-order valence-electron chi connectivity index (χ1n) is 49.9. The van der Waals surface area contributed by atoms with Crippen LogP contribution in [-0.4, -0.2) is 207 Å². The van der Waals surface area contributed by atoms with E-state index in [2.05, 4.69) is 103 Å². The van der Waals surface area contributed by atoms with Crippen molar-refractivity contribution >= 4 is 138 Å². The van der Waals surface area contributed by atoms with Crippen molar-refractivity contribution in [3.63, 3.8) is 0 Å². The molecule has 10 aromatic carbocycles. The molecular formula is C110H125Cl2N12O17P3S2. The van der Waals surface area contributed by atoms with Crippen LogP contribution in [0.25, 0.3) is 44.8 Å². The van der Waals surface area contributed by atoms with E-state index in [-0.39, 0.29) is 70.4 Å². The molecule has 768 valence electrons. The van der Waals surface area contributed by atoms with Crippen molar-refractivity contribution in [3.8, 4) is 44.8 Å². The summed E-state index contributed by atoms with van der Waals surface area (Å²) in [7, 11) is -12.0. The number of aliphatic hydroxyl groups is 1. The molecule has 2 aromatic heterocycles. The van der Waals surface area contributed by atoms with Gasteiger partial charge < -0.3 is 72.7 Å². The Morgan fingerprint density at radius 2 is 0.808 bits per heavy atom. The average molecular weight is 2120 g/mol. The number of hydrogen-bond donors (Lipinski definition) is 5. The SMILES string of the molecule is Cc1c(C(=O)O)c(-c2cccc(N3CCN(c4ccc(N5CCO[P@@]5(=O)c5ccc(C[C@H](CCN6CCC(OP(=O)(O)O)CC6)CSc6ccccc6)c([N+](=O)[O-])c5)cc4)CC3)c2)c(-c2ccc(Cl)cc2)n1C(C)C.Cc1c(C(=O)O)c(-c2cccc(N3CCN(c4ccc(N5CCO[P@]5(=O)c5ccc(C[C@H](CCN6CCC(O)CC6)CSc6ccccc6)c([N+](=O)[O-])c5)cc4)CC3)c2)c(-c2ccc(Cl)cc2)n1C(C)C. The van der Waals surface area contributed by atoms with E-state index in [1.807, 2.05) is 184 Å². The first kappa shape index (κ1) is 106. The maximum atomic E-state index is 14.9. The Labute approximate surface area is 870 Å². The molecule has 0 unspecified atom stereocenters. The minimum Gasteiger partial charge on any atom is -0.478 e. The summed E-state index contributed by atoms with van der Waals surface area (Å²) >= 11 is 16.0. The molecule has 146 heavy (non-hydrogen) atoms. The molecule has 8 heterocycles. The Bertz CT molecular complexity index is 6780. The maximum Gasteiger partial charge on any atom is 0.469 e. The van der Waals surface area contributed by atoms with Gasteiger partial charge in [0.25, 0.3) is 11.4 Å². The van der Waals surface area contributed by atoms with Crippen molar-refractivity contribution in [2.75, 3.05) is 158 Å². The molecule has 6 fully saturated rings. The molecule has 12 aromatic rings. The molecule has 6 aliphatic heterocycles. The number of nitrogens with zero attached hydrogens (tertiary/aromatic N) is 12. The van der Waals surface area contributed by atoms with Crippen LogP contribution >= 0.6 is 69.6 Å². The highest BCUT2D eigenvalue weighted by Crippen LogP contribution is 2.58. The highest BCUT2D eigenvalue weighted by atomic mass is 35.5. The number of aromatic nitrogens is 2. The smallest absolute Gasteiger partial charge is 0.469 e. The van der Waals surface area contributed by atoms with Gasteiger partial charge >= 0.3 is 34.8 Å². The van der Waals surface area contributed by atoms with Gasteiger partial charge in [0, 0.05) is 202 Å². The summed E-state index contributed by atoms with van der Waals surface area (Å²) in [5.74, 6) is -0.225. The Kier molecular flexibility index (Phi) is 34.4. The van der Waals surface area contributed by atoms with E-state index in [9.17, 15) is 68.6 Å². The molecule has 6 aliphatic rings. The van der Waals surface area contributed by atoms with Crippen molar-refractivity contribution in [3.05, 3.63) is 307 Å². The minimum absolute atomic E-state index is 0.00696. The molecule has 6 saturated heterocycles. The fraction of sp³-hybridized carbons (Fsp3) is 0.364. The Balaban J connectivity index is 0.000000200. The second-order valence-corrected chi connectivity index (χ2v) is 47.6. The number of piperidine rings is 2. The van der Waals surface area contributed by atoms with Crippen molar-refractivity contribution in [1.29, 1.82) is 0 Å². The normalized spacial score (nSPS) is 18.3. The van der Waals surface area contributed by atoms with E-state index >= 15 is 0 Å². The lowest BCUT2D eigenvalue weighted by Gasteiger charge is -2.37. The summed E-state index contributed by atoms with van der Waals surface area (Å²) in [6.45, 7) is 23.6. The van der Waals surface area contributed by atoms with E-state index in [1.54, 1.807) is 57.1 Å². The summed E-state index contributed by atoms with van der Waals surface area (Å²) in [5.41, 5.74) is 15.0.